The lowest BCUT2D eigenvalue weighted by Gasteiger charge is -2.25. The van der Waals surface area contributed by atoms with Gasteiger partial charge in [-0.1, -0.05) is 20.8 Å². The minimum absolute atomic E-state index is 0.0274. The predicted molar refractivity (Wildman–Crippen MR) is 52.6 cm³/mol. The van der Waals surface area contributed by atoms with Crippen LogP contribution < -0.4 is 5.73 Å². The van der Waals surface area contributed by atoms with Gasteiger partial charge in [0, 0.05) is 12.3 Å². The van der Waals surface area contributed by atoms with Crippen LogP contribution in [-0.2, 0) is 9.53 Å². The molecule has 0 saturated heterocycles. The van der Waals surface area contributed by atoms with Crippen LogP contribution in [0.1, 0.15) is 33.6 Å². The van der Waals surface area contributed by atoms with E-state index in [1.54, 1.807) is 0 Å². The van der Waals surface area contributed by atoms with Gasteiger partial charge in [0.05, 0.1) is 0 Å². The van der Waals surface area contributed by atoms with E-state index in [0.29, 0.717) is 6.42 Å². The maximum absolute atomic E-state index is 11.7. The van der Waals surface area contributed by atoms with E-state index in [4.69, 9.17) is 10.5 Å². The average molecular weight is 196 g/mol. The molecule has 2 rings (SSSR count). The summed E-state index contributed by atoms with van der Waals surface area (Å²) in [7, 11) is 0. The Labute approximate surface area is 83.5 Å². The molecule has 2 unspecified atom stereocenters. The number of amidine groups is 1. The normalized spacial score (nSPS) is 40.1. The van der Waals surface area contributed by atoms with Crippen molar-refractivity contribution < 1.29 is 9.53 Å². The lowest BCUT2D eigenvalue weighted by Crippen LogP contribution is -2.41. The lowest BCUT2D eigenvalue weighted by atomic mass is 9.89. The maximum Gasteiger partial charge on any atom is 0.294 e. The maximum atomic E-state index is 11.7. The van der Waals surface area contributed by atoms with Crippen LogP contribution in [0.2, 0.25) is 0 Å². The fraction of sp³-hybridized carbons (Fsp3) is 0.800. The van der Waals surface area contributed by atoms with Gasteiger partial charge < -0.3 is 10.5 Å². The summed E-state index contributed by atoms with van der Waals surface area (Å²) < 4.78 is 5.45. The quantitative estimate of drug-likeness (QED) is 0.630. The van der Waals surface area contributed by atoms with Gasteiger partial charge in [0.2, 0.25) is 0 Å². The van der Waals surface area contributed by atoms with Crippen molar-refractivity contribution in [1.82, 2.24) is 0 Å². The number of hydrogen-bond acceptors (Lipinski definition) is 3. The first-order chi connectivity index (χ1) is 6.36. The zero-order valence-corrected chi connectivity index (χ0v) is 8.83. The molecule has 1 amide bonds. The summed E-state index contributed by atoms with van der Waals surface area (Å²) in [4.78, 5) is 15.4. The van der Waals surface area contributed by atoms with Crippen molar-refractivity contribution in [3.8, 4) is 0 Å². The number of nitrogens with two attached hydrogens (primary N) is 1. The summed E-state index contributed by atoms with van der Waals surface area (Å²) in [6.45, 7) is 6.31. The second kappa shape index (κ2) is 2.49. The number of carbonyl (C=O) groups is 1. The van der Waals surface area contributed by atoms with Gasteiger partial charge in [-0.3, -0.25) is 4.79 Å². The van der Waals surface area contributed by atoms with Crippen molar-refractivity contribution in [3.63, 3.8) is 0 Å². The largest absolute Gasteiger partial charge is 0.448 e. The third-order valence-corrected chi connectivity index (χ3v) is 3.26. The van der Waals surface area contributed by atoms with E-state index in [1.165, 1.54) is 0 Å². The van der Waals surface area contributed by atoms with Gasteiger partial charge in [0.1, 0.15) is 0 Å². The number of hydrogen-bond donors (Lipinski definition) is 1. The molecule has 2 N–H and O–H groups in total. The van der Waals surface area contributed by atoms with E-state index in [-0.39, 0.29) is 23.3 Å². The first-order valence-electron chi connectivity index (χ1n) is 4.93. The van der Waals surface area contributed by atoms with Crippen molar-refractivity contribution in [2.45, 2.75) is 39.2 Å². The van der Waals surface area contributed by atoms with Gasteiger partial charge in [-0.15, -0.1) is 0 Å². The predicted octanol–water partition coefficient (Wildman–Crippen LogP) is 1.05. The first kappa shape index (κ1) is 9.49. The smallest absolute Gasteiger partial charge is 0.294 e. The molecule has 0 radical (unpaired) electrons. The summed E-state index contributed by atoms with van der Waals surface area (Å²) >= 11 is 0. The van der Waals surface area contributed by atoms with Gasteiger partial charge in [-0.25, -0.2) is 0 Å². The SMILES string of the molecule is CC1CC(C)(C)CC12OC(N)=NC2=O. The fourth-order valence-electron chi connectivity index (χ4n) is 2.82. The number of carbonyl (C=O) groups excluding carboxylic acids is 1. The number of aliphatic imine (C=N–C) groups is 1. The fourth-order valence-corrected chi connectivity index (χ4v) is 2.82. The zero-order chi connectivity index (χ0) is 10.6. The molecule has 1 saturated carbocycles. The van der Waals surface area contributed by atoms with Crippen LogP contribution in [0.3, 0.4) is 0 Å². The van der Waals surface area contributed by atoms with Crippen molar-refractivity contribution in [3.05, 3.63) is 0 Å². The van der Waals surface area contributed by atoms with Crippen LogP contribution >= 0.6 is 0 Å². The molecule has 1 aliphatic heterocycles. The van der Waals surface area contributed by atoms with E-state index in [9.17, 15) is 4.79 Å². The second-order valence-corrected chi connectivity index (χ2v) is 5.19. The summed E-state index contributed by atoms with van der Waals surface area (Å²) in [5, 5.41) is 0. The Hall–Kier alpha value is -1.06. The Morgan fingerprint density at radius 1 is 1.57 bits per heavy atom. The molecule has 14 heavy (non-hydrogen) atoms. The van der Waals surface area contributed by atoms with E-state index < -0.39 is 5.60 Å². The number of rotatable bonds is 0. The highest BCUT2D eigenvalue weighted by Gasteiger charge is 2.58. The summed E-state index contributed by atoms with van der Waals surface area (Å²) in [6.07, 6.45) is 1.69. The van der Waals surface area contributed by atoms with Crippen LogP contribution in [0.5, 0.6) is 0 Å². The molecular formula is C10H16N2O2. The summed E-state index contributed by atoms with van der Waals surface area (Å²) in [5.74, 6) is -0.0112. The third kappa shape index (κ3) is 1.13. The minimum atomic E-state index is -0.756. The van der Waals surface area contributed by atoms with Crippen LogP contribution in [0.25, 0.3) is 0 Å². The lowest BCUT2D eigenvalue weighted by molar-refractivity contribution is -0.133. The van der Waals surface area contributed by atoms with Crippen molar-refractivity contribution in [1.29, 1.82) is 0 Å². The molecule has 2 atom stereocenters. The molecular weight excluding hydrogens is 180 g/mol. The molecule has 4 nitrogen and oxygen atoms in total. The van der Waals surface area contributed by atoms with Gasteiger partial charge in [-0.05, 0) is 11.8 Å². The molecule has 0 aromatic heterocycles. The highest BCUT2D eigenvalue weighted by Crippen LogP contribution is 2.51. The Bertz CT molecular complexity index is 322. The van der Waals surface area contributed by atoms with E-state index in [0.717, 1.165) is 6.42 Å². The van der Waals surface area contributed by atoms with E-state index in [2.05, 4.69) is 18.8 Å². The summed E-state index contributed by atoms with van der Waals surface area (Å²) in [6, 6.07) is 0.0274. The number of amides is 1. The Morgan fingerprint density at radius 2 is 2.21 bits per heavy atom. The van der Waals surface area contributed by atoms with Gasteiger partial charge >= 0.3 is 0 Å². The van der Waals surface area contributed by atoms with Crippen LogP contribution in [0, 0.1) is 11.3 Å². The van der Waals surface area contributed by atoms with Crippen LogP contribution in [0.15, 0.2) is 4.99 Å². The molecule has 0 bridgehead atoms. The Morgan fingerprint density at radius 3 is 2.57 bits per heavy atom. The van der Waals surface area contributed by atoms with Crippen LogP contribution in [-0.4, -0.2) is 17.5 Å². The highest BCUT2D eigenvalue weighted by atomic mass is 16.5. The number of ether oxygens (including phenoxy) is 1. The topological polar surface area (TPSA) is 64.7 Å². The van der Waals surface area contributed by atoms with Crippen molar-refractivity contribution >= 4 is 11.9 Å². The van der Waals surface area contributed by atoms with Crippen molar-refractivity contribution in [2.24, 2.45) is 22.1 Å². The molecule has 1 spiro atoms. The highest BCUT2D eigenvalue weighted by molar-refractivity contribution is 6.01. The van der Waals surface area contributed by atoms with E-state index >= 15 is 0 Å². The van der Waals surface area contributed by atoms with Gasteiger partial charge in [-0.2, -0.15) is 4.99 Å². The van der Waals surface area contributed by atoms with Gasteiger partial charge in [0.25, 0.3) is 11.9 Å². The molecule has 1 fully saturated rings. The Kier molecular flexibility index (Phi) is 1.69. The molecule has 0 aromatic rings. The average Bonchev–Trinajstić information content (AvgIpc) is 2.35. The first-order valence-corrected chi connectivity index (χ1v) is 4.93. The number of nitrogens with zero attached hydrogens (tertiary/aromatic N) is 1. The van der Waals surface area contributed by atoms with Crippen LogP contribution in [0.4, 0.5) is 0 Å². The zero-order valence-electron chi connectivity index (χ0n) is 8.83. The monoisotopic (exact) mass is 196 g/mol. The minimum Gasteiger partial charge on any atom is -0.448 e. The summed E-state index contributed by atoms with van der Waals surface area (Å²) in [5.41, 5.74) is 4.82. The third-order valence-electron chi connectivity index (χ3n) is 3.26. The molecule has 1 aliphatic carbocycles. The molecule has 4 heteroatoms. The van der Waals surface area contributed by atoms with Gasteiger partial charge in [0.15, 0.2) is 5.60 Å². The van der Waals surface area contributed by atoms with E-state index in [1.807, 2.05) is 6.92 Å². The molecule has 2 aliphatic rings. The Balaban J connectivity index is 2.32. The molecule has 1 heterocycles. The standard InChI is InChI=1S/C10H16N2O2/c1-6-4-9(2,3)5-10(6)7(13)12-8(11)14-10/h6H,4-5H2,1-3H3,(H2,11,12,13). The van der Waals surface area contributed by atoms with Crippen molar-refractivity contribution in [2.75, 3.05) is 0 Å². The molecule has 0 aromatic carbocycles. The second-order valence-electron chi connectivity index (χ2n) is 5.19. The molecule has 78 valence electrons.